The van der Waals surface area contributed by atoms with Crippen molar-refractivity contribution in [2.45, 2.75) is 59.9 Å². The molecule has 0 heterocycles. The molecule has 0 aliphatic carbocycles. The van der Waals surface area contributed by atoms with Gasteiger partial charge in [0, 0.05) is 23.7 Å². The van der Waals surface area contributed by atoms with Crippen molar-refractivity contribution >= 4 is 17.9 Å². The number of carboxylic acid groups (broad SMARTS) is 1. The van der Waals surface area contributed by atoms with Crippen molar-refractivity contribution in [3.05, 3.63) is 11.1 Å². The van der Waals surface area contributed by atoms with Crippen LogP contribution in [0.15, 0.2) is 11.1 Å². The third-order valence-electron chi connectivity index (χ3n) is 3.58. The lowest BCUT2D eigenvalue weighted by atomic mass is 10.1. The van der Waals surface area contributed by atoms with E-state index < -0.39 is 17.9 Å². The van der Waals surface area contributed by atoms with Crippen LogP contribution in [-0.2, 0) is 9.59 Å². The monoisotopic (exact) mass is 298 g/mol. The Bertz CT molecular complexity index is 429. The highest BCUT2D eigenvalue weighted by Crippen LogP contribution is 2.08. The second kappa shape index (κ2) is 9.15. The van der Waals surface area contributed by atoms with Gasteiger partial charge < -0.3 is 10.0 Å². The zero-order valence-corrected chi connectivity index (χ0v) is 13.5. The molecule has 0 bridgehead atoms. The van der Waals surface area contributed by atoms with Gasteiger partial charge in [-0.05, 0) is 33.6 Å². The predicted octanol–water partition coefficient (Wildman–Crippen LogP) is 2.54. The number of unbranched alkanes of at least 4 members (excludes halogenated alkanes) is 1. The Morgan fingerprint density at radius 1 is 1.14 bits per heavy atom. The summed E-state index contributed by atoms with van der Waals surface area (Å²) in [6.45, 7) is 9.23. The van der Waals surface area contributed by atoms with Crippen LogP contribution >= 0.6 is 0 Å². The van der Waals surface area contributed by atoms with Gasteiger partial charge in [-0.1, -0.05) is 20.3 Å². The molecule has 1 atom stereocenters. The lowest BCUT2D eigenvalue weighted by Crippen LogP contribution is -2.47. The van der Waals surface area contributed by atoms with Crippen molar-refractivity contribution in [1.82, 2.24) is 10.2 Å². The van der Waals surface area contributed by atoms with Crippen molar-refractivity contribution < 1.29 is 19.5 Å². The summed E-state index contributed by atoms with van der Waals surface area (Å²) in [6.07, 6.45) is 2.59. The zero-order valence-electron chi connectivity index (χ0n) is 13.5. The Morgan fingerprint density at radius 2 is 1.71 bits per heavy atom. The topological polar surface area (TPSA) is 86.7 Å². The van der Waals surface area contributed by atoms with Gasteiger partial charge in [-0.3, -0.25) is 10.1 Å². The Kier molecular flexibility index (Phi) is 8.35. The second-order valence-corrected chi connectivity index (χ2v) is 5.12. The summed E-state index contributed by atoms with van der Waals surface area (Å²) in [6, 6.07) is -0.449. The first-order chi connectivity index (χ1) is 9.76. The van der Waals surface area contributed by atoms with Gasteiger partial charge in [0.1, 0.15) is 0 Å². The quantitative estimate of drug-likeness (QED) is 0.707. The second-order valence-electron chi connectivity index (χ2n) is 5.12. The maximum Gasteiger partial charge on any atom is 0.331 e. The molecule has 3 amide bonds. The van der Waals surface area contributed by atoms with Crippen LogP contribution in [0.4, 0.5) is 4.79 Å². The molecule has 0 aliphatic rings. The van der Waals surface area contributed by atoms with Gasteiger partial charge >= 0.3 is 12.0 Å². The highest BCUT2D eigenvalue weighted by atomic mass is 16.4. The molecule has 2 N–H and O–H groups in total. The Balaban J connectivity index is 4.94. The van der Waals surface area contributed by atoms with Crippen molar-refractivity contribution in [1.29, 1.82) is 0 Å². The van der Waals surface area contributed by atoms with E-state index in [0.29, 0.717) is 6.54 Å². The summed E-state index contributed by atoms with van der Waals surface area (Å²) in [4.78, 5) is 36.5. The molecule has 0 aromatic rings. The standard InChI is InChI=1S/C15H26N2O4/c1-6-8-9-17(10(3)7-2)15(21)16-13(18)11(4)12(5)14(19)20/h10H,6-9H2,1-5H3,(H,19,20)(H,16,18,21). The number of aliphatic carboxylic acids is 1. The molecule has 0 saturated carbocycles. The molecule has 21 heavy (non-hydrogen) atoms. The van der Waals surface area contributed by atoms with Gasteiger partial charge in [-0.15, -0.1) is 0 Å². The van der Waals surface area contributed by atoms with E-state index in [2.05, 4.69) is 5.32 Å². The van der Waals surface area contributed by atoms with E-state index >= 15 is 0 Å². The van der Waals surface area contributed by atoms with Gasteiger partial charge in [0.15, 0.2) is 0 Å². The molecular weight excluding hydrogens is 272 g/mol. The lowest BCUT2D eigenvalue weighted by Gasteiger charge is -2.28. The maximum absolute atomic E-state index is 12.2. The molecule has 0 fully saturated rings. The molecule has 6 heteroatoms. The van der Waals surface area contributed by atoms with Gasteiger partial charge in [0.25, 0.3) is 5.91 Å². The van der Waals surface area contributed by atoms with Crippen LogP contribution in [0.1, 0.15) is 53.9 Å². The Hall–Kier alpha value is -1.85. The minimum Gasteiger partial charge on any atom is -0.478 e. The Morgan fingerprint density at radius 3 is 2.14 bits per heavy atom. The highest BCUT2D eigenvalue weighted by Gasteiger charge is 2.22. The van der Waals surface area contributed by atoms with Crippen LogP contribution in [0, 0.1) is 0 Å². The van der Waals surface area contributed by atoms with Crippen molar-refractivity contribution in [3.63, 3.8) is 0 Å². The summed E-state index contributed by atoms with van der Waals surface area (Å²) >= 11 is 0. The third kappa shape index (κ3) is 5.97. The molecular formula is C15H26N2O4. The lowest BCUT2D eigenvalue weighted by molar-refractivity contribution is -0.133. The minimum absolute atomic E-state index is 0.0224. The van der Waals surface area contributed by atoms with Crippen LogP contribution in [0.2, 0.25) is 0 Å². The third-order valence-corrected chi connectivity index (χ3v) is 3.58. The molecule has 0 rings (SSSR count). The summed E-state index contributed by atoms with van der Waals surface area (Å²) in [5, 5.41) is 11.1. The minimum atomic E-state index is -1.17. The van der Waals surface area contributed by atoms with Crippen LogP contribution in [-0.4, -0.2) is 40.5 Å². The number of imide groups is 1. The van der Waals surface area contributed by atoms with Crippen LogP contribution in [0.5, 0.6) is 0 Å². The van der Waals surface area contributed by atoms with Crippen molar-refractivity contribution in [2.24, 2.45) is 0 Å². The number of nitrogens with zero attached hydrogens (tertiary/aromatic N) is 1. The van der Waals surface area contributed by atoms with E-state index in [9.17, 15) is 14.4 Å². The molecule has 0 radical (unpaired) electrons. The number of carbonyl (C=O) groups is 3. The van der Waals surface area contributed by atoms with Crippen molar-refractivity contribution in [3.8, 4) is 0 Å². The molecule has 6 nitrogen and oxygen atoms in total. The van der Waals surface area contributed by atoms with Gasteiger partial charge in [-0.25, -0.2) is 9.59 Å². The van der Waals surface area contributed by atoms with Gasteiger partial charge in [0.2, 0.25) is 0 Å². The number of nitrogens with one attached hydrogen (secondary N) is 1. The van der Waals surface area contributed by atoms with Crippen molar-refractivity contribution in [2.75, 3.05) is 6.54 Å². The number of carbonyl (C=O) groups excluding carboxylic acids is 2. The molecule has 0 aliphatic heterocycles. The largest absolute Gasteiger partial charge is 0.478 e. The van der Waals surface area contributed by atoms with E-state index in [-0.39, 0.29) is 17.2 Å². The van der Waals surface area contributed by atoms with Gasteiger partial charge in [0.05, 0.1) is 0 Å². The van der Waals surface area contributed by atoms with E-state index in [1.165, 1.54) is 13.8 Å². The SMILES string of the molecule is CCCCN(C(=O)NC(=O)C(C)=C(C)C(=O)O)C(C)CC. The molecule has 1 unspecified atom stereocenters. The van der Waals surface area contributed by atoms with E-state index in [4.69, 9.17) is 5.11 Å². The highest BCUT2D eigenvalue weighted by molar-refractivity contribution is 6.07. The number of carboxylic acids is 1. The van der Waals surface area contributed by atoms with Gasteiger partial charge in [-0.2, -0.15) is 0 Å². The van der Waals surface area contributed by atoms with E-state index in [1.54, 1.807) is 4.90 Å². The fraction of sp³-hybridized carbons (Fsp3) is 0.667. The van der Waals surface area contributed by atoms with Crippen LogP contribution in [0.25, 0.3) is 0 Å². The first kappa shape index (κ1) is 19.1. The normalized spacial score (nSPS) is 13.2. The molecule has 0 aromatic carbocycles. The van der Waals surface area contributed by atoms with Crippen LogP contribution in [0.3, 0.4) is 0 Å². The molecule has 0 aromatic heterocycles. The number of amides is 3. The number of hydrogen-bond acceptors (Lipinski definition) is 3. The number of hydrogen-bond donors (Lipinski definition) is 2. The molecule has 120 valence electrons. The summed E-state index contributed by atoms with van der Waals surface area (Å²) < 4.78 is 0. The number of urea groups is 1. The summed E-state index contributed by atoms with van der Waals surface area (Å²) in [5.41, 5.74) is -0.0283. The molecule has 0 spiro atoms. The smallest absolute Gasteiger partial charge is 0.331 e. The zero-order chi connectivity index (χ0) is 16.6. The summed E-state index contributed by atoms with van der Waals surface area (Å²) in [7, 11) is 0. The predicted molar refractivity (Wildman–Crippen MR) is 80.9 cm³/mol. The fourth-order valence-corrected chi connectivity index (χ4v) is 1.66. The average Bonchev–Trinajstić information content (AvgIpc) is 2.45. The van der Waals surface area contributed by atoms with Crippen LogP contribution < -0.4 is 5.32 Å². The maximum atomic E-state index is 12.2. The molecule has 0 saturated heterocycles. The fourth-order valence-electron chi connectivity index (χ4n) is 1.66. The van der Waals surface area contributed by atoms with E-state index in [0.717, 1.165) is 19.3 Å². The number of rotatable bonds is 7. The summed E-state index contributed by atoms with van der Waals surface area (Å²) in [5.74, 6) is -1.83. The average molecular weight is 298 g/mol. The first-order valence-corrected chi connectivity index (χ1v) is 7.28. The van der Waals surface area contributed by atoms with E-state index in [1.807, 2.05) is 20.8 Å². The first-order valence-electron chi connectivity index (χ1n) is 7.28. The Labute approximate surface area is 126 Å².